The van der Waals surface area contributed by atoms with Crippen molar-refractivity contribution < 1.29 is 4.79 Å². The zero-order valence-electron chi connectivity index (χ0n) is 18.5. The SMILES string of the molecule is CC.Cc1cc(-c2cc(C(=O)N3CCCN(C)CC3)ccc2C)ccc1CC#N. The van der Waals surface area contributed by atoms with Crippen molar-refractivity contribution in [3.63, 3.8) is 0 Å². The van der Waals surface area contributed by atoms with Crippen LogP contribution in [-0.2, 0) is 6.42 Å². The zero-order chi connectivity index (χ0) is 21.4. The highest BCUT2D eigenvalue weighted by Crippen LogP contribution is 2.27. The van der Waals surface area contributed by atoms with Gasteiger partial charge in [-0.3, -0.25) is 4.79 Å². The molecule has 4 heteroatoms. The van der Waals surface area contributed by atoms with E-state index in [1.54, 1.807) is 0 Å². The van der Waals surface area contributed by atoms with Crippen LogP contribution in [0.5, 0.6) is 0 Å². The molecule has 1 aliphatic heterocycles. The predicted octanol–water partition coefficient (Wildman–Crippen LogP) is 4.84. The summed E-state index contributed by atoms with van der Waals surface area (Å²) in [5.74, 6) is 0.115. The summed E-state index contributed by atoms with van der Waals surface area (Å²) in [6.45, 7) is 11.7. The van der Waals surface area contributed by atoms with Gasteiger partial charge in [0.2, 0.25) is 0 Å². The standard InChI is InChI=1S/C23H27N3O.C2H6/c1-17-5-6-21(23(27)26-12-4-11-25(3)13-14-26)16-22(17)20-8-7-19(9-10-24)18(2)15-20;1-2/h5-8,15-16H,4,9,11-14H2,1-3H3;1-2H3. The minimum absolute atomic E-state index is 0.115. The topological polar surface area (TPSA) is 47.3 Å². The van der Waals surface area contributed by atoms with Crippen molar-refractivity contribution in [3.05, 3.63) is 58.7 Å². The molecule has 29 heavy (non-hydrogen) atoms. The lowest BCUT2D eigenvalue weighted by molar-refractivity contribution is 0.0763. The Hall–Kier alpha value is -2.64. The lowest BCUT2D eigenvalue weighted by Crippen LogP contribution is -2.34. The van der Waals surface area contributed by atoms with Crippen molar-refractivity contribution in [2.24, 2.45) is 0 Å². The average Bonchev–Trinajstić information content (AvgIpc) is 2.95. The van der Waals surface area contributed by atoms with Gasteiger partial charge in [-0.25, -0.2) is 0 Å². The monoisotopic (exact) mass is 391 g/mol. The summed E-state index contributed by atoms with van der Waals surface area (Å²) in [5.41, 5.74) is 6.24. The fraction of sp³-hybridized carbons (Fsp3) is 0.440. The Balaban J connectivity index is 0.00000145. The Morgan fingerprint density at radius 2 is 1.76 bits per heavy atom. The Kier molecular flexibility index (Phi) is 8.42. The van der Waals surface area contributed by atoms with Gasteiger partial charge in [0, 0.05) is 25.2 Å². The summed E-state index contributed by atoms with van der Waals surface area (Å²) in [4.78, 5) is 17.3. The lowest BCUT2D eigenvalue weighted by atomic mass is 9.94. The van der Waals surface area contributed by atoms with Gasteiger partial charge in [-0.2, -0.15) is 5.26 Å². The maximum atomic E-state index is 13.0. The summed E-state index contributed by atoms with van der Waals surface area (Å²) in [6, 6.07) is 14.4. The molecule has 1 fully saturated rings. The van der Waals surface area contributed by atoms with E-state index >= 15 is 0 Å². The molecule has 0 aliphatic carbocycles. The van der Waals surface area contributed by atoms with Crippen LogP contribution in [0.15, 0.2) is 36.4 Å². The summed E-state index contributed by atoms with van der Waals surface area (Å²) < 4.78 is 0. The molecular formula is C25H33N3O. The second-order valence-electron chi connectivity index (χ2n) is 7.45. The minimum atomic E-state index is 0.115. The van der Waals surface area contributed by atoms with Crippen molar-refractivity contribution in [2.75, 3.05) is 33.2 Å². The van der Waals surface area contributed by atoms with Gasteiger partial charge in [0.1, 0.15) is 0 Å². The van der Waals surface area contributed by atoms with Crippen LogP contribution in [0.1, 0.15) is 47.3 Å². The van der Waals surface area contributed by atoms with Gasteiger partial charge in [0.25, 0.3) is 5.91 Å². The average molecular weight is 392 g/mol. The summed E-state index contributed by atoms with van der Waals surface area (Å²) >= 11 is 0. The van der Waals surface area contributed by atoms with E-state index in [1.165, 1.54) is 0 Å². The second kappa shape index (κ2) is 10.8. The molecule has 0 radical (unpaired) electrons. The number of carbonyl (C=O) groups excluding carboxylic acids is 1. The van der Waals surface area contributed by atoms with Gasteiger partial charge in [-0.1, -0.05) is 38.1 Å². The van der Waals surface area contributed by atoms with Gasteiger partial charge in [-0.15, -0.1) is 0 Å². The van der Waals surface area contributed by atoms with Crippen molar-refractivity contribution in [1.82, 2.24) is 9.80 Å². The first-order valence-electron chi connectivity index (χ1n) is 10.5. The number of nitrogens with zero attached hydrogens (tertiary/aromatic N) is 3. The van der Waals surface area contributed by atoms with Crippen LogP contribution in [0, 0.1) is 25.2 Å². The van der Waals surface area contributed by atoms with Crippen LogP contribution < -0.4 is 0 Å². The fourth-order valence-corrected chi connectivity index (χ4v) is 3.65. The number of rotatable bonds is 3. The molecule has 1 aliphatic rings. The highest BCUT2D eigenvalue weighted by molar-refractivity contribution is 5.96. The van der Waals surface area contributed by atoms with E-state index in [9.17, 15) is 4.79 Å². The van der Waals surface area contributed by atoms with Crippen LogP contribution in [0.3, 0.4) is 0 Å². The first-order valence-corrected chi connectivity index (χ1v) is 10.5. The zero-order valence-corrected chi connectivity index (χ0v) is 18.5. The van der Waals surface area contributed by atoms with Crippen LogP contribution in [-0.4, -0.2) is 48.9 Å². The number of amides is 1. The highest BCUT2D eigenvalue weighted by atomic mass is 16.2. The van der Waals surface area contributed by atoms with E-state index in [-0.39, 0.29) is 5.91 Å². The maximum Gasteiger partial charge on any atom is 0.253 e. The Morgan fingerprint density at radius 3 is 2.45 bits per heavy atom. The quantitative estimate of drug-likeness (QED) is 0.752. The normalized spacial score (nSPS) is 14.4. The van der Waals surface area contributed by atoms with E-state index < -0.39 is 0 Å². The molecule has 154 valence electrons. The smallest absolute Gasteiger partial charge is 0.253 e. The van der Waals surface area contributed by atoms with E-state index in [1.807, 2.05) is 49.9 Å². The van der Waals surface area contributed by atoms with E-state index in [2.05, 4.69) is 37.1 Å². The Morgan fingerprint density at radius 1 is 1.00 bits per heavy atom. The molecule has 0 saturated carbocycles. The third-order valence-corrected chi connectivity index (χ3v) is 5.41. The number of hydrogen-bond donors (Lipinski definition) is 0. The highest BCUT2D eigenvalue weighted by Gasteiger charge is 2.19. The molecule has 0 aromatic heterocycles. The third-order valence-electron chi connectivity index (χ3n) is 5.41. The Bertz CT molecular complexity index is 882. The van der Waals surface area contributed by atoms with Crippen LogP contribution in [0.4, 0.5) is 0 Å². The molecule has 0 atom stereocenters. The molecule has 1 amide bonds. The van der Waals surface area contributed by atoms with Gasteiger partial charge in [0.15, 0.2) is 0 Å². The number of nitriles is 1. The van der Waals surface area contributed by atoms with Crippen LogP contribution in [0.2, 0.25) is 0 Å². The van der Waals surface area contributed by atoms with E-state index in [0.717, 1.165) is 66.0 Å². The molecule has 0 N–H and O–H groups in total. The number of aryl methyl sites for hydroxylation is 2. The molecule has 1 heterocycles. The lowest BCUT2D eigenvalue weighted by Gasteiger charge is -2.21. The fourth-order valence-electron chi connectivity index (χ4n) is 3.65. The van der Waals surface area contributed by atoms with Gasteiger partial charge in [-0.05, 0) is 73.8 Å². The summed E-state index contributed by atoms with van der Waals surface area (Å²) in [7, 11) is 2.11. The molecule has 1 saturated heterocycles. The first kappa shape index (κ1) is 22.6. The minimum Gasteiger partial charge on any atom is -0.337 e. The molecule has 0 spiro atoms. The van der Waals surface area contributed by atoms with Crippen molar-refractivity contribution >= 4 is 5.91 Å². The molecule has 4 nitrogen and oxygen atoms in total. The molecule has 3 rings (SSSR count). The molecule has 0 bridgehead atoms. The number of carbonyl (C=O) groups is 1. The number of hydrogen-bond acceptors (Lipinski definition) is 3. The third kappa shape index (κ3) is 5.68. The van der Waals surface area contributed by atoms with Crippen molar-refractivity contribution in [1.29, 1.82) is 5.26 Å². The molecular weight excluding hydrogens is 358 g/mol. The Labute approximate surface area is 175 Å². The maximum absolute atomic E-state index is 13.0. The van der Waals surface area contributed by atoms with Gasteiger partial charge >= 0.3 is 0 Å². The van der Waals surface area contributed by atoms with Crippen molar-refractivity contribution in [2.45, 2.75) is 40.5 Å². The van der Waals surface area contributed by atoms with Crippen molar-refractivity contribution in [3.8, 4) is 17.2 Å². The molecule has 2 aromatic carbocycles. The molecule has 0 unspecified atom stereocenters. The van der Waals surface area contributed by atoms with E-state index in [4.69, 9.17) is 5.26 Å². The van der Waals surface area contributed by atoms with E-state index in [0.29, 0.717) is 6.42 Å². The van der Waals surface area contributed by atoms with Crippen LogP contribution >= 0.6 is 0 Å². The predicted molar refractivity (Wildman–Crippen MR) is 120 cm³/mol. The summed E-state index contributed by atoms with van der Waals surface area (Å²) in [6.07, 6.45) is 1.44. The van der Waals surface area contributed by atoms with Gasteiger partial charge in [0.05, 0.1) is 12.5 Å². The second-order valence-corrected chi connectivity index (χ2v) is 7.45. The number of likely N-dealkylation sites (N-methyl/N-ethyl adjacent to an activating group) is 1. The number of benzene rings is 2. The largest absolute Gasteiger partial charge is 0.337 e. The summed E-state index contributed by atoms with van der Waals surface area (Å²) in [5, 5.41) is 8.94. The first-order chi connectivity index (χ1) is 14.0. The molecule has 2 aromatic rings. The van der Waals surface area contributed by atoms with Crippen LogP contribution in [0.25, 0.3) is 11.1 Å². The van der Waals surface area contributed by atoms with Gasteiger partial charge < -0.3 is 9.80 Å².